The molecule has 0 spiro atoms. The normalized spacial score (nSPS) is 31.6. The number of hydrogen-bond donors (Lipinski definition) is 0. The Kier molecular flexibility index (Phi) is 4.79. The van der Waals surface area contributed by atoms with Crippen LogP contribution in [0.2, 0.25) is 0 Å². The lowest BCUT2D eigenvalue weighted by Crippen LogP contribution is -2.21. The van der Waals surface area contributed by atoms with Crippen molar-refractivity contribution in [3.63, 3.8) is 0 Å². The molecule has 1 heteroatoms. The van der Waals surface area contributed by atoms with Crippen LogP contribution < -0.4 is 0 Å². The van der Waals surface area contributed by atoms with Crippen molar-refractivity contribution in [2.45, 2.75) is 58.5 Å². The third-order valence-electron chi connectivity index (χ3n) is 3.56. The van der Waals surface area contributed by atoms with Crippen molar-refractivity contribution in [2.75, 3.05) is 7.11 Å². The van der Waals surface area contributed by atoms with E-state index in [1.54, 1.807) is 0 Å². The lowest BCUT2D eigenvalue weighted by molar-refractivity contribution is 0.0531. The van der Waals surface area contributed by atoms with Crippen molar-refractivity contribution < 1.29 is 4.74 Å². The largest absolute Gasteiger partial charge is 0.381 e. The van der Waals surface area contributed by atoms with Gasteiger partial charge >= 0.3 is 0 Å². The highest BCUT2D eigenvalue weighted by molar-refractivity contribution is 4.73. The van der Waals surface area contributed by atoms with Crippen molar-refractivity contribution in [2.24, 2.45) is 11.8 Å². The van der Waals surface area contributed by atoms with Gasteiger partial charge in [0.05, 0.1) is 6.10 Å². The molecule has 13 heavy (non-hydrogen) atoms. The molecule has 1 rings (SSSR count). The third-order valence-corrected chi connectivity index (χ3v) is 3.56. The minimum absolute atomic E-state index is 0.563. The van der Waals surface area contributed by atoms with Gasteiger partial charge in [-0.3, -0.25) is 0 Å². The molecule has 78 valence electrons. The monoisotopic (exact) mass is 184 g/mol. The average Bonchev–Trinajstić information content (AvgIpc) is 2.19. The maximum atomic E-state index is 5.37. The van der Waals surface area contributed by atoms with Crippen molar-refractivity contribution in [1.82, 2.24) is 0 Å². The van der Waals surface area contributed by atoms with Gasteiger partial charge in [-0.25, -0.2) is 0 Å². The van der Waals surface area contributed by atoms with Gasteiger partial charge in [0.1, 0.15) is 0 Å². The van der Waals surface area contributed by atoms with Gasteiger partial charge in [-0.15, -0.1) is 0 Å². The Morgan fingerprint density at radius 1 is 1.23 bits per heavy atom. The summed E-state index contributed by atoms with van der Waals surface area (Å²) in [5.41, 5.74) is 0. The van der Waals surface area contributed by atoms with Crippen molar-refractivity contribution in [3.8, 4) is 0 Å². The summed E-state index contributed by atoms with van der Waals surface area (Å²) in [6, 6.07) is 0. The minimum Gasteiger partial charge on any atom is -0.381 e. The first-order valence-corrected chi connectivity index (χ1v) is 5.79. The van der Waals surface area contributed by atoms with E-state index in [4.69, 9.17) is 4.74 Å². The Morgan fingerprint density at radius 3 is 2.31 bits per heavy atom. The average molecular weight is 184 g/mol. The fraction of sp³-hybridized carbons (Fsp3) is 1.00. The van der Waals surface area contributed by atoms with E-state index in [2.05, 4.69) is 13.8 Å². The molecule has 0 amide bonds. The zero-order valence-corrected chi connectivity index (χ0v) is 9.38. The number of methoxy groups -OCH3 is 1. The van der Waals surface area contributed by atoms with Crippen LogP contribution in [0.15, 0.2) is 0 Å². The minimum atomic E-state index is 0.563. The summed E-state index contributed by atoms with van der Waals surface area (Å²) in [5.74, 6) is 1.91. The van der Waals surface area contributed by atoms with Crippen LogP contribution >= 0.6 is 0 Å². The summed E-state index contributed by atoms with van der Waals surface area (Å²) in [6.45, 7) is 4.67. The first-order chi connectivity index (χ1) is 6.26. The molecule has 0 heterocycles. The van der Waals surface area contributed by atoms with E-state index < -0.39 is 0 Å². The van der Waals surface area contributed by atoms with Crippen molar-refractivity contribution >= 4 is 0 Å². The summed E-state index contributed by atoms with van der Waals surface area (Å²) in [4.78, 5) is 0. The number of ether oxygens (including phenoxy) is 1. The van der Waals surface area contributed by atoms with Gasteiger partial charge in [0.2, 0.25) is 0 Å². The SMILES string of the molecule is CCC(C)CC1CCC(OC)CC1. The second kappa shape index (κ2) is 5.64. The van der Waals surface area contributed by atoms with Crippen LogP contribution in [0.25, 0.3) is 0 Å². The van der Waals surface area contributed by atoms with Gasteiger partial charge < -0.3 is 4.74 Å². The van der Waals surface area contributed by atoms with E-state index in [9.17, 15) is 0 Å². The highest BCUT2D eigenvalue weighted by atomic mass is 16.5. The zero-order chi connectivity index (χ0) is 9.68. The standard InChI is InChI=1S/C12H24O/c1-4-10(2)9-11-5-7-12(13-3)8-6-11/h10-12H,4-9H2,1-3H3. The van der Waals surface area contributed by atoms with Crippen LogP contribution in [-0.2, 0) is 4.74 Å². The quantitative estimate of drug-likeness (QED) is 0.648. The molecule has 1 atom stereocenters. The number of hydrogen-bond acceptors (Lipinski definition) is 1. The second-order valence-corrected chi connectivity index (χ2v) is 4.63. The van der Waals surface area contributed by atoms with Gasteiger partial charge in [0.15, 0.2) is 0 Å². The molecule has 0 aliphatic heterocycles. The Bertz CT molecular complexity index is 125. The molecule has 0 N–H and O–H groups in total. The highest BCUT2D eigenvalue weighted by Crippen LogP contribution is 2.31. The summed E-state index contributed by atoms with van der Waals surface area (Å²) in [5, 5.41) is 0. The predicted octanol–water partition coefficient (Wildman–Crippen LogP) is 3.63. The van der Waals surface area contributed by atoms with Crippen molar-refractivity contribution in [3.05, 3.63) is 0 Å². The maximum absolute atomic E-state index is 5.37. The first-order valence-electron chi connectivity index (χ1n) is 5.79. The molecule has 1 aliphatic carbocycles. The molecular weight excluding hydrogens is 160 g/mol. The topological polar surface area (TPSA) is 9.23 Å². The molecule has 0 saturated heterocycles. The van der Waals surface area contributed by atoms with Crippen LogP contribution in [0.5, 0.6) is 0 Å². The van der Waals surface area contributed by atoms with E-state index in [1.807, 2.05) is 7.11 Å². The first kappa shape index (κ1) is 11.0. The molecule has 0 radical (unpaired) electrons. The zero-order valence-electron chi connectivity index (χ0n) is 9.38. The molecule has 0 bridgehead atoms. The summed E-state index contributed by atoms with van der Waals surface area (Å²) in [7, 11) is 1.85. The maximum Gasteiger partial charge on any atom is 0.0571 e. The Hall–Kier alpha value is -0.0400. The van der Waals surface area contributed by atoms with Crippen LogP contribution in [-0.4, -0.2) is 13.2 Å². The number of rotatable bonds is 4. The van der Waals surface area contributed by atoms with E-state index >= 15 is 0 Å². The fourth-order valence-electron chi connectivity index (χ4n) is 2.34. The van der Waals surface area contributed by atoms with Gasteiger partial charge in [-0.1, -0.05) is 20.3 Å². The van der Waals surface area contributed by atoms with Gasteiger partial charge in [-0.05, 0) is 43.9 Å². The molecule has 1 aliphatic rings. The van der Waals surface area contributed by atoms with Gasteiger partial charge in [0, 0.05) is 7.11 Å². The van der Waals surface area contributed by atoms with Crippen LogP contribution in [0.4, 0.5) is 0 Å². The van der Waals surface area contributed by atoms with E-state index in [0.29, 0.717) is 6.10 Å². The lowest BCUT2D eigenvalue weighted by atomic mass is 9.81. The lowest BCUT2D eigenvalue weighted by Gasteiger charge is -2.29. The molecule has 1 unspecified atom stereocenters. The van der Waals surface area contributed by atoms with Crippen LogP contribution in [0.3, 0.4) is 0 Å². The smallest absolute Gasteiger partial charge is 0.0571 e. The van der Waals surface area contributed by atoms with Gasteiger partial charge in [-0.2, -0.15) is 0 Å². The molecule has 0 aromatic rings. The van der Waals surface area contributed by atoms with E-state index in [0.717, 1.165) is 11.8 Å². The summed E-state index contributed by atoms with van der Waals surface area (Å²) in [6.07, 6.45) is 8.70. The molecule has 0 aromatic heterocycles. The molecule has 1 nitrogen and oxygen atoms in total. The Morgan fingerprint density at radius 2 is 1.85 bits per heavy atom. The Balaban J connectivity index is 2.17. The predicted molar refractivity (Wildman–Crippen MR) is 56.8 cm³/mol. The summed E-state index contributed by atoms with van der Waals surface area (Å²) >= 11 is 0. The molecule has 1 fully saturated rings. The molecule has 0 aromatic carbocycles. The summed E-state index contributed by atoms with van der Waals surface area (Å²) < 4.78 is 5.37. The Labute approximate surface area is 82.9 Å². The van der Waals surface area contributed by atoms with Crippen LogP contribution in [0.1, 0.15) is 52.4 Å². The van der Waals surface area contributed by atoms with Crippen molar-refractivity contribution in [1.29, 1.82) is 0 Å². The van der Waals surface area contributed by atoms with E-state index in [1.165, 1.54) is 38.5 Å². The molecule has 1 saturated carbocycles. The third kappa shape index (κ3) is 3.68. The molecular formula is C12H24O. The van der Waals surface area contributed by atoms with E-state index in [-0.39, 0.29) is 0 Å². The van der Waals surface area contributed by atoms with Crippen LogP contribution in [0, 0.1) is 11.8 Å². The van der Waals surface area contributed by atoms with Gasteiger partial charge in [0.25, 0.3) is 0 Å². The highest BCUT2D eigenvalue weighted by Gasteiger charge is 2.21. The second-order valence-electron chi connectivity index (χ2n) is 4.63. The fourth-order valence-corrected chi connectivity index (χ4v) is 2.34.